The Hall–Kier alpha value is -2.27. The van der Waals surface area contributed by atoms with E-state index in [9.17, 15) is 4.39 Å². The fraction of sp³-hybridized carbons (Fsp3) is 0.368. The molecule has 126 valence electrons. The number of ether oxygens (including phenoxy) is 3. The molecule has 2 aliphatic rings. The molecule has 2 aromatic rings. The summed E-state index contributed by atoms with van der Waals surface area (Å²) in [4.78, 5) is 0. The van der Waals surface area contributed by atoms with E-state index in [4.69, 9.17) is 25.2 Å². The number of nitrogens with one attached hydrogen (secondary N) is 1. The van der Waals surface area contributed by atoms with Crippen molar-refractivity contribution in [2.75, 3.05) is 26.3 Å². The maximum Gasteiger partial charge on any atom is 0.231 e. The molecule has 2 atom stereocenters. The Morgan fingerprint density at radius 3 is 2.92 bits per heavy atom. The summed E-state index contributed by atoms with van der Waals surface area (Å²) < 4.78 is 93.9. The monoisotopic (exact) mass is 337 g/mol. The van der Waals surface area contributed by atoms with Gasteiger partial charge < -0.3 is 19.5 Å². The van der Waals surface area contributed by atoms with E-state index < -0.39 is 44.0 Å². The highest BCUT2D eigenvalue weighted by Gasteiger charge is 2.27. The van der Waals surface area contributed by atoms with Gasteiger partial charge in [-0.1, -0.05) is 12.1 Å². The summed E-state index contributed by atoms with van der Waals surface area (Å²) in [5.74, 6) is -2.99. The normalized spacial score (nSPS) is 34.2. The van der Waals surface area contributed by atoms with Crippen LogP contribution in [0.15, 0.2) is 42.5 Å². The van der Waals surface area contributed by atoms with E-state index in [-0.39, 0.29) is 23.7 Å². The van der Waals surface area contributed by atoms with Gasteiger partial charge in [0.15, 0.2) is 11.5 Å². The summed E-state index contributed by atoms with van der Waals surface area (Å²) in [5, 5.41) is 2.22. The molecule has 1 N–H and O–H groups in total. The first kappa shape index (κ1) is 8.72. The first-order valence-corrected chi connectivity index (χ1v) is 7.43. The Kier molecular flexibility index (Phi) is 2.43. The fourth-order valence-corrected chi connectivity index (χ4v) is 2.60. The summed E-state index contributed by atoms with van der Waals surface area (Å²) in [6.45, 7) is -9.69. The molecule has 4 nitrogen and oxygen atoms in total. The van der Waals surface area contributed by atoms with E-state index in [1.165, 1.54) is 30.3 Å². The van der Waals surface area contributed by atoms with Crippen molar-refractivity contribution >= 4 is 0 Å². The smallest absolute Gasteiger partial charge is 0.231 e. The highest BCUT2D eigenvalue weighted by atomic mass is 19.1. The molecular weight excluding hydrogens is 309 g/mol. The number of fused-ring (bicyclic) bond motifs is 1. The van der Waals surface area contributed by atoms with E-state index >= 15 is 0 Å². The van der Waals surface area contributed by atoms with Crippen molar-refractivity contribution < 1.29 is 29.6 Å². The Balaban J connectivity index is 1.68. The molecule has 0 radical (unpaired) electrons. The average Bonchev–Trinajstić information content (AvgIpc) is 2.92. The topological polar surface area (TPSA) is 39.7 Å². The third-order valence-electron chi connectivity index (χ3n) is 3.86. The van der Waals surface area contributed by atoms with Crippen molar-refractivity contribution in [1.29, 1.82) is 0 Å². The van der Waals surface area contributed by atoms with Crippen LogP contribution in [0.25, 0.3) is 0 Å². The predicted octanol–water partition coefficient (Wildman–Crippen LogP) is 3.33. The van der Waals surface area contributed by atoms with Crippen LogP contribution in [-0.2, 0) is 0 Å². The lowest BCUT2D eigenvalue weighted by atomic mass is 9.81. The van der Waals surface area contributed by atoms with Gasteiger partial charge in [-0.05, 0) is 48.7 Å². The Morgan fingerprint density at radius 2 is 2.04 bits per heavy atom. The van der Waals surface area contributed by atoms with Crippen LogP contribution < -0.4 is 19.5 Å². The van der Waals surface area contributed by atoms with Gasteiger partial charge >= 0.3 is 0 Å². The van der Waals surface area contributed by atoms with Crippen LogP contribution in [0.4, 0.5) is 4.39 Å². The Labute approximate surface area is 151 Å². The van der Waals surface area contributed by atoms with Gasteiger partial charge in [-0.25, -0.2) is 4.39 Å². The van der Waals surface area contributed by atoms with Crippen LogP contribution in [-0.4, -0.2) is 26.3 Å². The molecule has 5 heteroatoms. The molecule has 24 heavy (non-hydrogen) atoms. The highest BCUT2D eigenvalue weighted by Crippen LogP contribution is 2.36. The molecular formula is C19H20FNO3. The van der Waals surface area contributed by atoms with Gasteiger partial charge in [0.05, 0.1) is 9.30 Å². The maximum atomic E-state index is 13.4. The lowest BCUT2D eigenvalue weighted by molar-refractivity contribution is 0.173. The van der Waals surface area contributed by atoms with Crippen LogP contribution in [0.3, 0.4) is 0 Å². The molecule has 1 unspecified atom stereocenters. The SMILES string of the molecule is [2H]C1([2H])CC(c2ccc(F)cc2)[C@H](C([2H])([2H])Oc2ccc3c(c2)OC([2H])([2H])O3)C([2H])([2H])N1. The summed E-state index contributed by atoms with van der Waals surface area (Å²) in [6, 6.07) is 8.97. The van der Waals surface area contributed by atoms with Gasteiger partial charge in [0, 0.05) is 24.0 Å². The molecule has 0 amide bonds. The fourth-order valence-electron chi connectivity index (χ4n) is 2.60. The van der Waals surface area contributed by atoms with Gasteiger partial charge in [0.1, 0.15) is 14.3 Å². The van der Waals surface area contributed by atoms with Crippen LogP contribution in [0.5, 0.6) is 17.2 Å². The zero-order chi connectivity index (χ0) is 23.5. The maximum absolute atomic E-state index is 13.4. The number of halogens is 1. The van der Waals surface area contributed by atoms with E-state index in [1.54, 1.807) is 0 Å². The van der Waals surface area contributed by atoms with Gasteiger partial charge in [-0.15, -0.1) is 0 Å². The van der Waals surface area contributed by atoms with Gasteiger partial charge in [0.25, 0.3) is 0 Å². The summed E-state index contributed by atoms with van der Waals surface area (Å²) in [5.41, 5.74) is 0.372. The Morgan fingerprint density at radius 1 is 1.21 bits per heavy atom. The first-order valence-electron chi connectivity index (χ1n) is 11.4. The molecule has 2 heterocycles. The number of hydrogen-bond donors (Lipinski definition) is 1. The van der Waals surface area contributed by atoms with Crippen LogP contribution >= 0.6 is 0 Å². The molecule has 0 aliphatic carbocycles. The van der Waals surface area contributed by atoms with Gasteiger partial charge in [0.2, 0.25) is 6.75 Å². The second kappa shape index (κ2) is 6.69. The zero-order valence-electron chi connectivity index (χ0n) is 20.5. The van der Waals surface area contributed by atoms with Crippen molar-refractivity contribution in [3.8, 4) is 17.2 Å². The molecule has 0 spiro atoms. The minimum absolute atomic E-state index is 0.000465. The minimum atomic E-state index is -2.65. The molecule has 2 aliphatic heterocycles. The van der Waals surface area contributed by atoms with Crippen LogP contribution in [0.1, 0.15) is 28.9 Å². The first-order chi connectivity index (χ1) is 14.7. The summed E-state index contributed by atoms with van der Waals surface area (Å²) >= 11 is 0. The van der Waals surface area contributed by atoms with Crippen molar-refractivity contribution in [3.05, 3.63) is 53.8 Å². The Bertz CT molecular complexity index is 1020. The van der Waals surface area contributed by atoms with Crippen molar-refractivity contribution in [1.82, 2.24) is 5.32 Å². The number of rotatable bonds is 4. The van der Waals surface area contributed by atoms with E-state index in [0.717, 1.165) is 12.1 Å². The number of benzene rings is 2. The molecule has 4 rings (SSSR count). The number of piperidine rings is 1. The zero-order valence-corrected chi connectivity index (χ0v) is 12.5. The van der Waals surface area contributed by atoms with Crippen molar-refractivity contribution in [3.63, 3.8) is 0 Å². The van der Waals surface area contributed by atoms with Crippen LogP contribution in [0, 0.1) is 11.7 Å². The summed E-state index contributed by atoms with van der Waals surface area (Å²) in [7, 11) is 0. The van der Waals surface area contributed by atoms with Gasteiger partial charge in [-0.2, -0.15) is 0 Å². The van der Waals surface area contributed by atoms with Crippen molar-refractivity contribution in [2.45, 2.75) is 12.3 Å². The molecule has 1 saturated heterocycles. The molecule has 0 aromatic heterocycles. The van der Waals surface area contributed by atoms with E-state index in [0.29, 0.717) is 5.56 Å². The third-order valence-corrected chi connectivity index (χ3v) is 3.86. The number of hydrogen-bond acceptors (Lipinski definition) is 4. The van der Waals surface area contributed by atoms with E-state index in [2.05, 4.69) is 5.32 Å². The van der Waals surface area contributed by atoms with Crippen LogP contribution in [0.2, 0.25) is 0 Å². The quantitative estimate of drug-likeness (QED) is 0.929. The predicted molar refractivity (Wildman–Crippen MR) is 88.2 cm³/mol. The van der Waals surface area contributed by atoms with Gasteiger partial charge in [-0.3, -0.25) is 0 Å². The average molecular weight is 337 g/mol. The standard InChI is InChI=1S/C19H20FNO3/c20-15-3-1-13(2-4-15)17-7-8-21-10-14(17)11-22-16-5-6-18-19(9-16)24-12-23-18/h1-6,9,14,17,21H,7-8,10-12H2/t14-,17?/m0/s1/i8D2,10D2,11D2,12D2. The lowest BCUT2D eigenvalue weighted by Gasteiger charge is -2.32. The second-order valence-corrected chi connectivity index (χ2v) is 5.40. The largest absolute Gasteiger partial charge is 0.493 e. The third kappa shape index (κ3) is 3.17. The molecule has 0 saturated carbocycles. The molecule has 1 fully saturated rings. The van der Waals surface area contributed by atoms with E-state index in [1.807, 2.05) is 0 Å². The van der Waals surface area contributed by atoms with Crippen molar-refractivity contribution in [2.24, 2.45) is 5.92 Å². The highest BCUT2D eigenvalue weighted by molar-refractivity contribution is 5.46. The second-order valence-electron chi connectivity index (χ2n) is 5.40. The summed E-state index contributed by atoms with van der Waals surface area (Å²) in [6.07, 6.45) is -0.271. The lowest BCUT2D eigenvalue weighted by Crippen LogP contribution is -2.38. The minimum Gasteiger partial charge on any atom is -0.493 e. The molecule has 0 bridgehead atoms. The molecule has 2 aromatic carbocycles.